The normalized spacial score (nSPS) is 11.6. The van der Waals surface area contributed by atoms with Crippen molar-refractivity contribution in [2.75, 3.05) is 0 Å². The molecule has 9 heteroatoms. The summed E-state index contributed by atoms with van der Waals surface area (Å²) in [5.74, 6) is -2.53. The van der Waals surface area contributed by atoms with Gasteiger partial charge in [0.15, 0.2) is 0 Å². The first-order chi connectivity index (χ1) is 13.1. The Balaban J connectivity index is 1.84. The van der Waals surface area contributed by atoms with E-state index < -0.39 is 23.6 Å². The molecular formula is C18H15N5O3S. The smallest absolute Gasteiger partial charge is 0.287 e. The van der Waals surface area contributed by atoms with E-state index in [0.29, 0.717) is 16.1 Å². The Morgan fingerprint density at radius 3 is 2.63 bits per heavy atom. The Morgan fingerprint density at radius 1 is 1.11 bits per heavy atom. The Kier molecular flexibility index (Phi) is 5.62. The van der Waals surface area contributed by atoms with Gasteiger partial charge in [-0.1, -0.05) is 12.1 Å². The fourth-order valence-electron chi connectivity index (χ4n) is 2.45. The van der Waals surface area contributed by atoms with E-state index in [1.165, 1.54) is 6.20 Å². The molecule has 0 bridgehead atoms. The van der Waals surface area contributed by atoms with Crippen molar-refractivity contribution >= 4 is 29.1 Å². The molecule has 3 heterocycles. The highest BCUT2D eigenvalue weighted by atomic mass is 32.1. The summed E-state index contributed by atoms with van der Waals surface area (Å²) in [7, 11) is 0. The molecular weight excluding hydrogens is 366 g/mol. The van der Waals surface area contributed by atoms with Gasteiger partial charge in [-0.3, -0.25) is 24.4 Å². The Morgan fingerprint density at radius 2 is 1.96 bits per heavy atom. The van der Waals surface area contributed by atoms with Crippen molar-refractivity contribution in [1.29, 1.82) is 0 Å². The van der Waals surface area contributed by atoms with Crippen molar-refractivity contribution in [2.24, 2.45) is 5.73 Å². The second kappa shape index (κ2) is 8.28. The average Bonchev–Trinajstić information content (AvgIpc) is 3.18. The fraction of sp³-hybridized carbons (Fsp3) is 0.111. The molecule has 3 rings (SSSR count). The van der Waals surface area contributed by atoms with E-state index in [9.17, 15) is 14.4 Å². The molecule has 0 spiro atoms. The zero-order valence-electron chi connectivity index (χ0n) is 14.0. The van der Waals surface area contributed by atoms with Crippen LogP contribution in [0.15, 0.2) is 55.1 Å². The number of primary amides is 1. The number of nitrogens with zero attached hydrogens (tertiary/aromatic N) is 3. The standard InChI is InChI=1S/C18H15N5O3S/c19-17(25)15(24)14(8-11-4-3-6-20-9-11)23-18(26)12-10-22-27-16(12)13-5-1-2-7-21-13/h1-7,9-10,14H,8H2,(H2,19,25)(H,23,26). The number of hydrogen-bond acceptors (Lipinski definition) is 7. The number of hydrogen-bond donors (Lipinski definition) is 2. The van der Waals surface area contributed by atoms with Crippen LogP contribution in [0.3, 0.4) is 0 Å². The molecule has 0 aromatic carbocycles. The van der Waals surface area contributed by atoms with Crippen LogP contribution in [-0.2, 0) is 16.0 Å². The zero-order valence-corrected chi connectivity index (χ0v) is 14.8. The number of carbonyl (C=O) groups excluding carboxylic acids is 3. The van der Waals surface area contributed by atoms with Crippen molar-refractivity contribution in [2.45, 2.75) is 12.5 Å². The van der Waals surface area contributed by atoms with Gasteiger partial charge in [-0.25, -0.2) is 0 Å². The Bertz CT molecular complexity index is 959. The number of nitrogens with one attached hydrogen (secondary N) is 1. The van der Waals surface area contributed by atoms with Crippen molar-refractivity contribution < 1.29 is 14.4 Å². The van der Waals surface area contributed by atoms with Crippen molar-refractivity contribution in [3.63, 3.8) is 0 Å². The van der Waals surface area contributed by atoms with Gasteiger partial charge < -0.3 is 11.1 Å². The lowest BCUT2D eigenvalue weighted by molar-refractivity contribution is -0.137. The van der Waals surface area contributed by atoms with E-state index in [1.807, 2.05) is 0 Å². The highest BCUT2D eigenvalue weighted by molar-refractivity contribution is 7.10. The molecule has 8 nitrogen and oxygen atoms in total. The minimum atomic E-state index is -1.11. The number of ketones is 1. The summed E-state index contributed by atoms with van der Waals surface area (Å²) in [4.78, 5) is 45.0. The van der Waals surface area contributed by atoms with Gasteiger partial charge >= 0.3 is 0 Å². The molecule has 1 atom stereocenters. The molecule has 0 aliphatic heterocycles. The second-order valence-electron chi connectivity index (χ2n) is 5.60. The van der Waals surface area contributed by atoms with E-state index in [2.05, 4.69) is 19.7 Å². The molecule has 3 aromatic rings. The summed E-state index contributed by atoms with van der Waals surface area (Å²) in [6, 6.07) is 7.66. The minimum Gasteiger partial charge on any atom is -0.363 e. The summed E-state index contributed by atoms with van der Waals surface area (Å²) in [5, 5.41) is 2.58. The number of pyridine rings is 2. The highest BCUT2D eigenvalue weighted by Gasteiger charge is 2.27. The topological polar surface area (TPSA) is 128 Å². The molecule has 0 fully saturated rings. The molecule has 3 aromatic heterocycles. The van der Waals surface area contributed by atoms with Crippen molar-refractivity contribution in [3.8, 4) is 10.6 Å². The van der Waals surface area contributed by atoms with Crippen LogP contribution in [0.5, 0.6) is 0 Å². The first-order valence-electron chi connectivity index (χ1n) is 7.95. The average molecular weight is 381 g/mol. The van der Waals surface area contributed by atoms with Crippen molar-refractivity contribution in [1.82, 2.24) is 19.7 Å². The monoisotopic (exact) mass is 381 g/mol. The summed E-state index contributed by atoms with van der Waals surface area (Å²) < 4.78 is 4.05. The van der Waals surface area contributed by atoms with Gasteiger partial charge in [-0.15, -0.1) is 0 Å². The SMILES string of the molecule is NC(=O)C(=O)C(Cc1cccnc1)NC(=O)c1cnsc1-c1ccccn1. The van der Waals surface area contributed by atoms with Crippen LogP contribution in [0.25, 0.3) is 10.6 Å². The maximum absolute atomic E-state index is 12.7. The number of nitrogens with two attached hydrogens (primary N) is 1. The predicted octanol–water partition coefficient (Wildman–Crippen LogP) is 0.996. The summed E-state index contributed by atoms with van der Waals surface area (Å²) in [5.41, 5.74) is 6.68. The van der Waals surface area contributed by atoms with E-state index in [0.717, 1.165) is 11.5 Å². The van der Waals surface area contributed by atoms with Crippen LogP contribution in [-0.4, -0.2) is 38.0 Å². The maximum atomic E-state index is 12.7. The third-order valence-corrected chi connectivity index (χ3v) is 4.56. The predicted molar refractivity (Wildman–Crippen MR) is 98.7 cm³/mol. The quantitative estimate of drug-likeness (QED) is 0.588. The van der Waals surface area contributed by atoms with Gasteiger partial charge in [0.25, 0.3) is 11.8 Å². The Hall–Kier alpha value is -3.46. The first kappa shape index (κ1) is 18.3. The van der Waals surface area contributed by atoms with Gasteiger partial charge in [0.1, 0.15) is 6.04 Å². The largest absolute Gasteiger partial charge is 0.363 e. The summed E-state index contributed by atoms with van der Waals surface area (Å²) >= 11 is 1.12. The summed E-state index contributed by atoms with van der Waals surface area (Å²) in [6.45, 7) is 0. The van der Waals surface area contributed by atoms with Gasteiger partial charge in [0.05, 0.1) is 22.3 Å². The zero-order chi connectivity index (χ0) is 19.2. The number of aromatic nitrogens is 3. The molecule has 0 saturated heterocycles. The fourth-order valence-corrected chi connectivity index (χ4v) is 3.18. The lowest BCUT2D eigenvalue weighted by Gasteiger charge is -2.16. The highest BCUT2D eigenvalue weighted by Crippen LogP contribution is 2.25. The molecule has 2 amide bonds. The van der Waals surface area contributed by atoms with Crippen LogP contribution in [0, 0.1) is 0 Å². The molecule has 0 aliphatic rings. The third kappa shape index (κ3) is 4.39. The van der Waals surface area contributed by atoms with Crippen LogP contribution < -0.4 is 11.1 Å². The van der Waals surface area contributed by atoms with Crippen LogP contribution >= 0.6 is 11.5 Å². The van der Waals surface area contributed by atoms with E-state index in [-0.39, 0.29) is 12.0 Å². The molecule has 136 valence electrons. The lowest BCUT2D eigenvalue weighted by Crippen LogP contribution is -2.47. The van der Waals surface area contributed by atoms with Gasteiger partial charge in [-0.05, 0) is 35.3 Å². The van der Waals surface area contributed by atoms with E-state index in [1.54, 1.807) is 48.9 Å². The molecule has 3 N–H and O–H groups in total. The number of rotatable bonds is 7. The summed E-state index contributed by atoms with van der Waals surface area (Å²) in [6.07, 6.45) is 6.25. The van der Waals surface area contributed by atoms with E-state index >= 15 is 0 Å². The van der Waals surface area contributed by atoms with Gasteiger partial charge in [-0.2, -0.15) is 4.37 Å². The molecule has 0 aliphatic carbocycles. The molecule has 0 saturated carbocycles. The molecule has 27 heavy (non-hydrogen) atoms. The van der Waals surface area contributed by atoms with Gasteiger partial charge in [0.2, 0.25) is 5.78 Å². The number of carbonyl (C=O) groups is 3. The molecule has 0 radical (unpaired) electrons. The molecule has 1 unspecified atom stereocenters. The maximum Gasteiger partial charge on any atom is 0.287 e. The minimum absolute atomic E-state index is 0.0951. The van der Waals surface area contributed by atoms with Crippen LogP contribution in [0.2, 0.25) is 0 Å². The Labute approximate surface area is 158 Å². The number of amides is 2. The van der Waals surface area contributed by atoms with E-state index in [4.69, 9.17) is 5.73 Å². The lowest BCUT2D eigenvalue weighted by atomic mass is 10.0. The van der Waals surface area contributed by atoms with Crippen LogP contribution in [0.1, 0.15) is 15.9 Å². The third-order valence-electron chi connectivity index (χ3n) is 3.74. The van der Waals surface area contributed by atoms with Crippen molar-refractivity contribution in [3.05, 3.63) is 66.2 Å². The number of Topliss-reactive ketones (excluding diaryl/α,β-unsaturated/α-hetero) is 1. The van der Waals surface area contributed by atoms with Gasteiger partial charge in [0, 0.05) is 25.0 Å². The van der Waals surface area contributed by atoms with Crippen LogP contribution in [0.4, 0.5) is 0 Å². The second-order valence-corrected chi connectivity index (χ2v) is 6.41. The first-order valence-corrected chi connectivity index (χ1v) is 8.73.